The molecule has 536 valence electrons. The summed E-state index contributed by atoms with van der Waals surface area (Å²) in [7, 11) is 0. The maximum absolute atomic E-state index is 13.3. The van der Waals surface area contributed by atoms with Crippen LogP contribution in [0, 0.1) is 0 Å². The van der Waals surface area contributed by atoms with Crippen molar-refractivity contribution in [2.45, 2.75) is 272 Å². The van der Waals surface area contributed by atoms with Gasteiger partial charge in [-0.15, -0.1) is 0 Å². The second-order valence-corrected chi connectivity index (χ2v) is 23.9. The summed E-state index contributed by atoms with van der Waals surface area (Å²) in [6.45, 7) is 1.48. The van der Waals surface area contributed by atoms with Crippen molar-refractivity contribution in [3.8, 4) is 0 Å². The Hall–Kier alpha value is -4.85. The van der Waals surface area contributed by atoms with Crippen molar-refractivity contribution in [1.29, 1.82) is 0 Å². The van der Waals surface area contributed by atoms with Gasteiger partial charge in [0.2, 0.25) is 5.91 Å². The van der Waals surface area contributed by atoms with Gasteiger partial charge in [-0.3, -0.25) is 4.79 Å². The molecule has 1 amide bonds. The zero-order valence-electron chi connectivity index (χ0n) is 56.6. The van der Waals surface area contributed by atoms with E-state index < -0.39 is 131 Å². The van der Waals surface area contributed by atoms with E-state index in [1.165, 1.54) is 25.7 Å². The molecular weight excluding hydrogens is 1210 g/mol. The molecule has 0 aromatic carbocycles. The molecule has 0 aromatic heterocycles. The molecule has 0 bridgehead atoms. The molecule has 0 aliphatic carbocycles. The Morgan fingerprint density at radius 3 is 1.17 bits per heavy atom. The van der Waals surface area contributed by atoms with Gasteiger partial charge in [0.1, 0.15) is 73.2 Å². The molecule has 17 unspecified atom stereocenters. The number of carbonyl (C=O) groups excluding carboxylic acids is 1. The molecule has 0 radical (unpaired) electrons. The van der Waals surface area contributed by atoms with Crippen LogP contribution in [0.4, 0.5) is 0 Å². The van der Waals surface area contributed by atoms with Crippen LogP contribution in [0.3, 0.4) is 0 Å². The lowest BCUT2D eigenvalue weighted by Crippen LogP contribution is -2.66. The highest BCUT2D eigenvalue weighted by molar-refractivity contribution is 5.76. The number of hydrogen-bond acceptors (Lipinski definition) is 18. The van der Waals surface area contributed by atoms with E-state index in [1.807, 2.05) is 6.08 Å². The zero-order chi connectivity index (χ0) is 68.9. The van der Waals surface area contributed by atoms with Gasteiger partial charge < -0.3 is 89.9 Å². The number of aliphatic hydroxyl groups is 11. The van der Waals surface area contributed by atoms with Crippen LogP contribution in [0.15, 0.2) is 170 Å². The number of ether oxygens (including phenoxy) is 6. The van der Waals surface area contributed by atoms with Gasteiger partial charge in [0.25, 0.3) is 0 Å². The number of rotatable bonds is 50. The van der Waals surface area contributed by atoms with Gasteiger partial charge in [0.05, 0.1) is 38.6 Å². The molecule has 0 spiro atoms. The maximum atomic E-state index is 13.3. The fraction of sp³-hybridized carbons (Fsp3) is 0.618. The molecule has 19 nitrogen and oxygen atoms in total. The summed E-state index contributed by atoms with van der Waals surface area (Å²) in [6, 6.07) is -1.03. The Morgan fingerprint density at radius 2 is 0.737 bits per heavy atom. The number of unbranched alkanes of at least 4 members (excludes halogenated alkanes) is 8. The van der Waals surface area contributed by atoms with E-state index >= 15 is 0 Å². The molecule has 3 aliphatic rings. The van der Waals surface area contributed by atoms with Crippen molar-refractivity contribution in [2.24, 2.45) is 0 Å². The van der Waals surface area contributed by atoms with Crippen molar-refractivity contribution in [1.82, 2.24) is 5.32 Å². The van der Waals surface area contributed by atoms with E-state index in [2.05, 4.69) is 177 Å². The second kappa shape index (κ2) is 55.1. The van der Waals surface area contributed by atoms with Gasteiger partial charge in [-0.1, -0.05) is 210 Å². The minimum atomic E-state index is -1.99. The van der Waals surface area contributed by atoms with Crippen molar-refractivity contribution in [3.05, 3.63) is 170 Å². The van der Waals surface area contributed by atoms with Crippen molar-refractivity contribution in [2.75, 3.05) is 26.4 Å². The molecule has 12 N–H and O–H groups in total. The van der Waals surface area contributed by atoms with Crippen LogP contribution in [0.2, 0.25) is 0 Å². The minimum Gasteiger partial charge on any atom is -0.394 e. The van der Waals surface area contributed by atoms with Gasteiger partial charge in [-0.2, -0.15) is 0 Å². The van der Waals surface area contributed by atoms with E-state index in [0.29, 0.717) is 12.8 Å². The first-order valence-electron chi connectivity index (χ1n) is 34.9. The van der Waals surface area contributed by atoms with E-state index in [0.717, 1.165) is 109 Å². The fourth-order valence-electron chi connectivity index (χ4n) is 10.4. The molecule has 3 fully saturated rings. The lowest BCUT2D eigenvalue weighted by Gasteiger charge is -2.48. The number of nitrogens with one attached hydrogen (secondary N) is 1. The Balaban J connectivity index is 1.37. The van der Waals surface area contributed by atoms with E-state index in [-0.39, 0.29) is 12.3 Å². The zero-order valence-corrected chi connectivity index (χ0v) is 56.6. The highest BCUT2D eigenvalue weighted by atomic mass is 16.8. The number of aliphatic hydroxyl groups excluding tert-OH is 11. The molecule has 3 aliphatic heterocycles. The third-order valence-electron chi connectivity index (χ3n) is 16.0. The van der Waals surface area contributed by atoms with E-state index in [9.17, 15) is 61.0 Å². The third-order valence-corrected chi connectivity index (χ3v) is 16.0. The summed E-state index contributed by atoms with van der Waals surface area (Å²) in [6.07, 6.45) is 55.0. The number of allylic oxidation sites excluding steroid dienone is 27. The Bertz CT molecular complexity index is 2390. The van der Waals surface area contributed by atoms with Crippen molar-refractivity contribution >= 4 is 5.91 Å². The first-order valence-corrected chi connectivity index (χ1v) is 34.9. The second-order valence-electron chi connectivity index (χ2n) is 23.9. The van der Waals surface area contributed by atoms with Crippen LogP contribution in [0.1, 0.15) is 168 Å². The summed E-state index contributed by atoms with van der Waals surface area (Å²) < 4.78 is 34.2. The quantitative estimate of drug-likeness (QED) is 0.0199. The first kappa shape index (κ1) is 84.4. The average Bonchev–Trinajstić information content (AvgIpc) is 0.787. The normalized spacial score (nSPS) is 28.3. The molecule has 17 atom stereocenters. The smallest absolute Gasteiger partial charge is 0.220 e. The summed E-state index contributed by atoms with van der Waals surface area (Å²) in [5.41, 5.74) is 0. The Kier molecular flexibility index (Phi) is 48.9. The van der Waals surface area contributed by atoms with Crippen molar-refractivity contribution < 1.29 is 89.4 Å². The predicted molar refractivity (Wildman–Crippen MR) is 373 cm³/mol. The summed E-state index contributed by atoms with van der Waals surface area (Å²) in [4.78, 5) is 13.3. The Labute approximate surface area is 567 Å². The molecule has 19 heteroatoms. The Morgan fingerprint density at radius 1 is 0.389 bits per heavy atom. The van der Waals surface area contributed by atoms with E-state index in [1.54, 1.807) is 6.08 Å². The van der Waals surface area contributed by atoms with Gasteiger partial charge in [0.15, 0.2) is 18.9 Å². The molecule has 95 heavy (non-hydrogen) atoms. The van der Waals surface area contributed by atoms with Crippen LogP contribution in [-0.2, 0) is 33.2 Å². The van der Waals surface area contributed by atoms with E-state index in [4.69, 9.17) is 28.4 Å². The fourth-order valence-corrected chi connectivity index (χ4v) is 10.4. The lowest BCUT2D eigenvalue weighted by atomic mass is 9.96. The van der Waals surface area contributed by atoms with Crippen LogP contribution < -0.4 is 5.32 Å². The predicted octanol–water partition coefficient (Wildman–Crippen LogP) is 9.49. The monoisotopic (exact) mass is 1330 g/mol. The summed E-state index contributed by atoms with van der Waals surface area (Å²) in [5.74, 6) is -0.338. The van der Waals surface area contributed by atoms with Gasteiger partial charge in [0, 0.05) is 6.42 Å². The van der Waals surface area contributed by atoms with Crippen molar-refractivity contribution in [3.63, 3.8) is 0 Å². The summed E-state index contributed by atoms with van der Waals surface area (Å²) in [5, 5.41) is 120. The van der Waals surface area contributed by atoms with Crippen LogP contribution in [0.25, 0.3) is 0 Å². The van der Waals surface area contributed by atoms with Crippen LogP contribution in [0.5, 0.6) is 0 Å². The topological polar surface area (TPSA) is 307 Å². The van der Waals surface area contributed by atoms with Crippen LogP contribution >= 0.6 is 0 Å². The standard InChI is InChI=1S/C76H119NO18/c1-3-5-7-9-11-13-15-16-17-18-19-20-21-22-23-24-25-26-27-28-29-30-31-32-33-34-35-36-37-38-39-40-41-42-44-46-48-50-52-54-64(82)77-59(60(81)53-51-49-47-45-43-14-12-10-8-6-4-2)58-90-74-70(88)67(85)72(62(56-79)92-74)95-76-71(89)68(86)73(63(57-80)93-76)94-75-69(87)66(84)65(83)61(55-78)91-75/h5,7,11,13,16-17,19-20,22-23,25-26,28-29,31-32,34-35,37-38,40-41,43-46,51,53,59-63,65-76,78-81,83-89H,3-4,6,8-10,12,14-15,18,21,24,27,30,33,36,39,42,47-50,52,54-58H2,1-2H3,(H,77,82)/b7-5-,13-11-,17-16-,20-19-,23-22-,26-25-,29-28-,32-31-,35-34-,38-37-,41-40-,45-43+,46-44-,53-51+. The number of hydrogen-bond donors (Lipinski definition) is 12. The number of carbonyl (C=O) groups is 1. The molecule has 0 aromatic rings. The molecule has 3 rings (SSSR count). The SMILES string of the molecule is CC/C=C\C/C=C\C/C=C\C/C=C\C/C=C\C/C=C\C/C=C\C/C=C\C/C=C\C/C=C\C/C=C\C/C=C\CCCCC(=O)NC(COC1OC(CO)C(OC2OC(CO)C(OC3OC(CO)C(O)C(O)C3O)C(O)C2O)C(O)C1O)C(O)/C=C/CC/C=C/CCCCCCC. The molecule has 3 heterocycles. The average molecular weight is 1330 g/mol. The summed E-state index contributed by atoms with van der Waals surface area (Å²) >= 11 is 0. The lowest BCUT2D eigenvalue weighted by molar-refractivity contribution is -0.379. The highest BCUT2D eigenvalue weighted by Gasteiger charge is 2.53. The molecule has 3 saturated heterocycles. The van der Waals surface area contributed by atoms with Crippen LogP contribution in [-0.4, -0.2) is 193 Å². The maximum Gasteiger partial charge on any atom is 0.220 e. The molecular formula is C76H119NO18. The van der Waals surface area contributed by atoms with Gasteiger partial charge in [-0.25, -0.2) is 0 Å². The third kappa shape index (κ3) is 36.5. The van der Waals surface area contributed by atoms with Gasteiger partial charge >= 0.3 is 0 Å². The van der Waals surface area contributed by atoms with Gasteiger partial charge in [-0.05, 0) is 122 Å². The molecule has 0 saturated carbocycles. The highest BCUT2D eigenvalue weighted by Crippen LogP contribution is 2.33. The largest absolute Gasteiger partial charge is 0.394 e. The minimum absolute atomic E-state index is 0.168. The first-order chi connectivity index (χ1) is 46.3. The number of amides is 1.